The van der Waals surface area contributed by atoms with Crippen molar-refractivity contribution < 1.29 is 0 Å². The summed E-state index contributed by atoms with van der Waals surface area (Å²) in [6, 6.07) is 23.2. The largest absolute Gasteiger partial charge is 0.341 e. The summed E-state index contributed by atoms with van der Waals surface area (Å²) < 4.78 is 0. The molecule has 3 saturated carbocycles. The van der Waals surface area contributed by atoms with Crippen molar-refractivity contribution in [1.29, 1.82) is 0 Å². The highest BCUT2D eigenvalue weighted by Crippen LogP contribution is 2.86. The van der Waals surface area contributed by atoms with Crippen LogP contribution in [0.3, 0.4) is 0 Å². The molecule has 42 heavy (non-hydrogen) atoms. The summed E-state index contributed by atoms with van der Waals surface area (Å²) in [5, 5.41) is 7.51. The van der Waals surface area contributed by atoms with E-state index in [1.807, 2.05) is 0 Å². The molecule has 6 aromatic rings. The van der Waals surface area contributed by atoms with Gasteiger partial charge in [0, 0.05) is 23.2 Å². The lowest BCUT2D eigenvalue weighted by Gasteiger charge is -2.11. The summed E-state index contributed by atoms with van der Waals surface area (Å²) in [6.07, 6.45) is 1.18. The smallest absolute Gasteiger partial charge is 0.124 e. The lowest BCUT2D eigenvalue weighted by atomic mass is 10.0. The van der Waals surface area contributed by atoms with Gasteiger partial charge in [0.1, 0.15) is 11.6 Å². The zero-order valence-electron chi connectivity index (χ0n) is 23.4. The molecule has 0 spiro atoms. The summed E-state index contributed by atoms with van der Waals surface area (Å²) in [5.41, 5.74) is 10.5. The van der Waals surface area contributed by atoms with Gasteiger partial charge in [-0.15, -0.1) is 0 Å². The second kappa shape index (κ2) is 7.25. The van der Waals surface area contributed by atoms with Gasteiger partial charge in [0.05, 0.1) is 56.6 Å². The van der Waals surface area contributed by atoms with Gasteiger partial charge < -0.3 is 20.6 Å². The molecule has 4 N–H and O–H groups in total. The molecule has 2 bridgehead atoms. The number of hydrogen-bond acceptors (Lipinski definition) is 6. The molecule has 8 nitrogen and oxygen atoms in total. The van der Waals surface area contributed by atoms with E-state index in [0.717, 1.165) is 90.9 Å². The number of piperidine rings is 2. The van der Waals surface area contributed by atoms with Crippen LogP contribution in [0.25, 0.3) is 55.6 Å². The van der Waals surface area contributed by atoms with Gasteiger partial charge in [-0.25, -0.2) is 19.9 Å². The number of pyridine rings is 2. The fourth-order valence-electron chi connectivity index (χ4n) is 8.83. The van der Waals surface area contributed by atoms with Crippen LogP contribution in [0.2, 0.25) is 0 Å². The Hall–Kier alpha value is -4.14. The van der Waals surface area contributed by atoms with E-state index in [9.17, 15) is 0 Å². The van der Waals surface area contributed by atoms with Gasteiger partial charge in [-0.3, -0.25) is 0 Å². The Morgan fingerprint density at radius 3 is 1.86 bits per heavy atom. The first kappa shape index (κ1) is 22.5. The topological polar surface area (TPSA) is 107 Å². The number of aromatic amines is 2. The number of hydrogen-bond donors (Lipinski definition) is 4. The van der Waals surface area contributed by atoms with Crippen molar-refractivity contribution >= 4 is 33.1 Å². The minimum absolute atomic E-state index is 0.335. The van der Waals surface area contributed by atoms with E-state index in [1.54, 1.807) is 0 Å². The van der Waals surface area contributed by atoms with Crippen LogP contribution in [0.4, 0.5) is 0 Å². The summed E-state index contributed by atoms with van der Waals surface area (Å²) in [6.45, 7) is 4.75. The van der Waals surface area contributed by atoms with Gasteiger partial charge >= 0.3 is 0 Å². The number of benzene rings is 2. The minimum atomic E-state index is 0.335. The highest BCUT2D eigenvalue weighted by Gasteiger charge is 2.90. The first-order valence-electron chi connectivity index (χ1n) is 15.3. The normalized spacial score (nSPS) is 35.2. The Morgan fingerprint density at radius 1 is 0.690 bits per heavy atom. The summed E-state index contributed by atoms with van der Waals surface area (Å²) in [5.74, 6) is 5.38. The van der Waals surface area contributed by atoms with E-state index in [4.69, 9.17) is 19.9 Å². The quantitative estimate of drug-likeness (QED) is 0.226. The third-order valence-electron chi connectivity index (χ3n) is 11.6. The maximum absolute atomic E-state index is 4.98. The molecule has 1 unspecified atom stereocenters. The van der Waals surface area contributed by atoms with E-state index in [0.29, 0.717) is 29.6 Å². The molecule has 3 aliphatic carbocycles. The molecular weight excluding hydrogens is 520 g/mol. The highest BCUT2D eigenvalue weighted by atomic mass is 15.3. The van der Waals surface area contributed by atoms with Gasteiger partial charge in [0.15, 0.2) is 0 Å². The van der Waals surface area contributed by atoms with Crippen molar-refractivity contribution in [3.63, 3.8) is 0 Å². The monoisotopic (exact) mass is 550 g/mol. The van der Waals surface area contributed by atoms with E-state index >= 15 is 0 Å². The Kier molecular flexibility index (Phi) is 3.88. The number of rotatable bonds is 4. The van der Waals surface area contributed by atoms with Crippen LogP contribution in [-0.2, 0) is 0 Å². The zero-order chi connectivity index (χ0) is 27.5. The number of H-pyrrole nitrogens is 2. The van der Waals surface area contributed by atoms with Gasteiger partial charge in [-0.1, -0.05) is 26.0 Å². The van der Waals surface area contributed by atoms with Crippen LogP contribution >= 0.6 is 0 Å². The summed E-state index contributed by atoms with van der Waals surface area (Å²) in [7, 11) is 0. The predicted octanol–water partition coefficient (Wildman–Crippen LogP) is 5.66. The van der Waals surface area contributed by atoms with Crippen LogP contribution in [0.1, 0.15) is 44.0 Å². The molecule has 3 aliphatic heterocycles. The lowest BCUT2D eigenvalue weighted by Crippen LogP contribution is -2.20. The van der Waals surface area contributed by atoms with Crippen molar-refractivity contribution in [2.75, 3.05) is 0 Å². The molecule has 6 aliphatic rings. The minimum Gasteiger partial charge on any atom is -0.341 e. The van der Waals surface area contributed by atoms with Gasteiger partial charge in [-0.05, 0) is 84.0 Å². The second-order valence-electron chi connectivity index (χ2n) is 13.7. The third-order valence-corrected chi connectivity index (χ3v) is 11.6. The van der Waals surface area contributed by atoms with Crippen molar-refractivity contribution in [3.8, 4) is 22.5 Å². The standard InChI is InChI=1S/C34H30N8/c1-14-17-13-26(37-29(14)17)32-38-22-5-3-15(11-24(22)40-32)18-7-9-21-20(35-18)10-8-19(36-21)16-4-6-23-25(12-16)41-33(39-23)30-27-28-31(42-30)34(27,28)2/h3-12,14,17,26-31,37,42H,13H2,1-2H3,(H,38,40)(H,39,41)/t14-,17+,26+,27?,28-,29-,30+,31+,34-/m1/s1. The summed E-state index contributed by atoms with van der Waals surface area (Å²) >= 11 is 0. The number of nitrogens with one attached hydrogen (secondary N) is 4. The highest BCUT2D eigenvalue weighted by molar-refractivity contribution is 5.86. The van der Waals surface area contributed by atoms with E-state index in [1.165, 1.54) is 6.42 Å². The maximum atomic E-state index is 4.98. The van der Waals surface area contributed by atoms with E-state index in [-0.39, 0.29) is 0 Å². The molecule has 9 atom stereocenters. The Bertz CT molecular complexity index is 2130. The molecule has 2 aromatic carbocycles. The molecule has 6 fully saturated rings. The Labute approximate surface area is 241 Å². The molecule has 0 radical (unpaired) electrons. The Morgan fingerprint density at radius 2 is 1.29 bits per heavy atom. The molecule has 4 aromatic heterocycles. The number of aromatic nitrogens is 6. The molecule has 7 heterocycles. The van der Waals surface area contributed by atoms with Crippen molar-refractivity contribution in [2.45, 2.75) is 44.4 Å². The molecular formula is C34H30N8. The van der Waals surface area contributed by atoms with Crippen molar-refractivity contribution in [2.24, 2.45) is 29.1 Å². The van der Waals surface area contributed by atoms with Crippen LogP contribution in [0.15, 0.2) is 60.7 Å². The van der Waals surface area contributed by atoms with E-state index in [2.05, 4.69) is 95.1 Å². The number of nitrogens with zero attached hydrogens (tertiary/aromatic N) is 4. The maximum Gasteiger partial charge on any atom is 0.124 e. The average molecular weight is 551 g/mol. The van der Waals surface area contributed by atoms with Crippen molar-refractivity contribution in [3.05, 3.63) is 72.3 Å². The van der Waals surface area contributed by atoms with Gasteiger partial charge in [0.2, 0.25) is 0 Å². The Balaban J connectivity index is 0.880. The number of imidazole rings is 2. The third kappa shape index (κ3) is 2.84. The molecule has 8 heteroatoms. The molecule has 12 rings (SSSR count). The molecule has 3 saturated heterocycles. The molecule has 206 valence electrons. The zero-order valence-corrected chi connectivity index (χ0v) is 23.4. The van der Waals surface area contributed by atoms with Crippen molar-refractivity contribution in [1.82, 2.24) is 40.5 Å². The van der Waals surface area contributed by atoms with E-state index < -0.39 is 0 Å². The second-order valence-corrected chi connectivity index (χ2v) is 13.7. The predicted molar refractivity (Wildman–Crippen MR) is 161 cm³/mol. The van der Waals surface area contributed by atoms with Crippen LogP contribution in [0, 0.1) is 29.1 Å². The first-order valence-corrected chi connectivity index (χ1v) is 15.3. The molecule has 0 amide bonds. The SMILES string of the molecule is C[C@@H]1[C@@H]2C[C@@H](c3nc4ccc(-c5ccc6nc(-c7ccc8nc([C@H]9N[C@H]%10[C@H]%11C9[C@]%11%10C)[nH]c8c7)ccc6n5)cc4[nH]3)N[C@H]12. The van der Waals surface area contributed by atoms with Gasteiger partial charge in [-0.2, -0.15) is 0 Å². The summed E-state index contributed by atoms with van der Waals surface area (Å²) in [4.78, 5) is 27.0. The fourth-order valence-corrected chi connectivity index (χ4v) is 8.83. The van der Waals surface area contributed by atoms with Crippen LogP contribution < -0.4 is 10.6 Å². The fraction of sp³-hybridized carbons (Fsp3) is 0.353. The van der Waals surface area contributed by atoms with Crippen LogP contribution in [0.5, 0.6) is 0 Å². The lowest BCUT2D eigenvalue weighted by molar-refractivity contribution is 0.499. The number of fused-ring (bicyclic) bond motifs is 5. The van der Waals surface area contributed by atoms with Crippen LogP contribution in [-0.4, -0.2) is 42.0 Å². The first-order chi connectivity index (χ1) is 20.5. The average Bonchev–Trinajstić information content (AvgIpc) is 3.59. The van der Waals surface area contributed by atoms with Gasteiger partial charge in [0.25, 0.3) is 0 Å².